The predicted octanol–water partition coefficient (Wildman–Crippen LogP) is 3.11. The highest BCUT2D eigenvalue weighted by Crippen LogP contribution is 2.34. The number of anilines is 1. The van der Waals surface area contributed by atoms with E-state index in [1.165, 1.54) is 16.9 Å². The molecule has 94 valence electrons. The van der Waals surface area contributed by atoms with Gasteiger partial charge in [0.2, 0.25) is 0 Å². The van der Waals surface area contributed by atoms with Gasteiger partial charge < -0.3 is 10.8 Å². The third-order valence-electron chi connectivity index (χ3n) is 2.93. The van der Waals surface area contributed by atoms with E-state index >= 15 is 0 Å². The minimum absolute atomic E-state index is 0.0101. The van der Waals surface area contributed by atoms with Crippen molar-refractivity contribution in [1.82, 2.24) is 0 Å². The lowest BCUT2D eigenvalue weighted by atomic mass is 9.99. The van der Waals surface area contributed by atoms with E-state index in [1.807, 2.05) is 24.3 Å². The van der Waals surface area contributed by atoms with E-state index in [-0.39, 0.29) is 12.3 Å². The maximum atomic E-state index is 10.7. The van der Waals surface area contributed by atoms with Crippen LogP contribution in [-0.4, -0.2) is 11.1 Å². The van der Waals surface area contributed by atoms with Crippen LogP contribution in [0.2, 0.25) is 0 Å². The van der Waals surface area contributed by atoms with Crippen LogP contribution in [0.15, 0.2) is 36.4 Å². The van der Waals surface area contributed by atoms with Gasteiger partial charge in [-0.05, 0) is 17.2 Å². The Morgan fingerprint density at radius 3 is 2.67 bits per heavy atom. The summed E-state index contributed by atoms with van der Waals surface area (Å²) in [5.74, 6) is -0.612. The van der Waals surface area contributed by atoms with Gasteiger partial charge in [0.15, 0.2) is 0 Å². The Bertz CT molecular complexity index is 548. The van der Waals surface area contributed by atoms with E-state index in [9.17, 15) is 4.79 Å². The fraction of sp³-hybridized carbons (Fsp3) is 0.214. The van der Waals surface area contributed by atoms with Gasteiger partial charge in [-0.1, -0.05) is 37.3 Å². The van der Waals surface area contributed by atoms with Crippen LogP contribution >= 0.6 is 11.3 Å². The summed E-state index contributed by atoms with van der Waals surface area (Å²) in [7, 11) is 0. The van der Waals surface area contributed by atoms with Crippen molar-refractivity contribution in [2.24, 2.45) is 0 Å². The Kier molecular flexibility index (Phi) is 3.67. The smallest absolute Gasteiger partial charge is 0.307 e. The molecule has 18 heavy (non-hydrogen) atoms. The number of carboxylic acid groups (broad SMARTS) is 1. The van der Waals surface area contributed by atoms with Crippen molar-refractivity contribution in [3.8, 4) is 0 Å². The summed E-state index contributed by atoms with van der Waals surface area (Å²) in [6.07, 6.45) is -0.0101. The fourth-order valence-electron chi connectivity index (χ4n) is 1.89. The normalized spacial score (nSPS) is 12.3. The largest absolute Gasteiger partial charge is 0.481 e. The van der Waals surface area contributed by atoms with Crippen molar-refractivity contribution in [1.29, 1.82) is 0 Å². The molecule has 3 N–H and O–H groups in total. The van der Waals surface area contributed by atoms with Crippen molar-refractivity contribution in [2.45, 2.75) is 19.3 Å². The van der Waals surface area contributed by atoms with E-state index in [0.717, 1.165) is 4.88 Å². The summed E-state index contributed by atoms with van der Waals surface area (Å²) in [5.41, 5.74) is 7.78. The van der Waals surface area contributed by atoms with Crippen LogP contribution in [0.3, 0.4) is 0 Å². The van der Waals surface area contributed by atoms with Gasteiger partial charge in [0.25, 0.3) is 0 Å². The molecule has 0 spiro atoms. The summed E-state index contributed by atoms with van der Waals surface area (Å²) >= 11 is 1.47. The monoisotopic (exact) mass is 261 g/mol. The molecular formula is C14H15NO2S. The van der Waals surface area contributed by atoms with Gasteiger partial charge in [0, 0.05) is 10.8 Å². The van der Waals surface area contributed by atoms with Gasteiger partial charge in [-0.3, -0.25) is 4.79 Å². The number of thiophene rings is 1. The highest BCUT2D eigenvalue weighted by Gasteiger charge is 2.15. The number of carbonyl (C=O) groups is 1. The molecule has 0 radical (unpaired) electrons. The van der Waals surface area contributed by atoms with Crippen LogP contribution in [-0.2, 0) is 11.2 Å². The third-order valence-corrected chi connectivity index (χ3v) is 4.12. The highest BCUT2D eigenvalue weighted by atomic mass is 32.1. The Labute approximate surface area is 110 Å². The van der Waals surface area contributed by atoms with E-state index in [0.29, 0.717) is 10.6 Å². The van der Waals surface area contributed by atoms with E-state index in [1.54, 1.807) is 0 Å². The van der Waals surface area contributed by atoms with Crippen LogP contribution in [0.1, 0.15) is 28.8 Å². The summed E-state index contributed by atoms with van der Waals surface area (Å²) in [4.78, 5) is 11.8. The van der Waals surface area contributed by atoms with Crippen molar-refractivity contribution in [3.05, 3.63) is 52.4 Å². The van der Waals surface area contributed by atoms with E-state index < -0.39 is 5.97 Å². The van der Waals surface area contributed by atoms with Crippen molar-refractivity contribution < 1.29 is 9.90 Å². The number of hydrogen-bond donors (Lipinski definition) is 2. The van der Waals surface area contributed by atoms with Crippen molar-refractivity contribution in [3.63, 3.8) is 0 Å². The number of nitrogen functional groups attached to an aromatic ring is 1. The minimum atomic E-state index is -0.849. The third kappa shape index (κ3) is 2.71. The molecular weight excluding hydrogens is 246 g/mol. The molecule has 0 saturated heterocycles. The van der Waals surface area contributed by atoms with Crippen molar-refractivity contribution in [2.75, 3.05) is 5.73 Å². The molecule has 1 unspecified atom stereocenters. The summed E-state index contributed by atoms with van der Waals surface area (Å²) in [6, 6.07) is 12.0. The molecule has 0 aliphatic heterocycles. The second-order valence-electron chi connectivity index (χ2n) is 4.24. The predicted molar refractivity (Wildman–Crippen MR) is 74.0 cm³/mol. The molecule has 0 fully saturated rings. The van der Waals surface area contributed by atoms with Gasteiger partial charge in [-0.15, -0.1) is 11.3 Å². The van der Waals surface area contributed by atoms with Gasteiger partial charge >= 0.3 is 5.97 Å². The molecule has 2 rings (SSSR count). The highest BCUT2D eigenvalue weighted by molar-refractivity contribution is 7.16. The quantitative estimate of drug-likeness (QED) is 0.888. The van der Waals surface area contributed by atoms with Gasteiger partial charge in [0.1, 0.15) is 0 Å². The lowest BCUT2D eigenvalue weighted by Crippen LogP contribution is -2.00. The first-order valence-electron chi connectivity index (χ1n) is 5.72. The lowest BCUT2D eigenvalue weighted by molar-refractivity contribution is -0.136. The van der Waals surface area contributed by atoms with Crippen molar-refractivity contribution >= 4 is 22.3 Å². The zero-order chi connectivity index (χ0) is 13.1. The number of carboxylic acids is 1. The van der Waals surface area contributed by atoms with E-state index in [4.69, 9.17) is 10.8 Å². The van der Waals surface area contributed by atoms with Crippen LogP contribution in [0.5, 0.6) is 0 Å². The van der Waals surface area contributed by atoms with Gasteiger partial charge in [0.05, 0.1) is 11.4 Å². The molecule has 0 aliphatic carbocycles. The molecule has 1 heterocycles. The Morgan fingerprint density at radius 2 is 2.06 bits per heavy atom. The SMILES string of the molecule is CC(c1ccccc1)c1cc(CC(=O)O)c(N)s1. The second kappa shape index (κ2) is 5.23. The number of benzene rings is 1. The molecule has 0 bridgehead atoms. The minimum Gasteiger partial charge on any atom is -0.481 e. The fourth-order valence-corrected chi connectivity index (χ4v) is 2.92. The van der Waals surface area contributed by atoms with Crippen LogP contribution in [0, 0.1) is 0 Å². The molecule has 3 nitrogen and oxygen atoms in total. The summed E-state index contributed by atoms with van der Waals surface area (Å²) in [6.45, 7) is 2.10. The first kappa shape index (κ1) is 12.6. The maximum absolute atomic E-state index is 10.7. The molecule has 2 aromatic rings. The zero-order valence-electron chi connectivity index (χ0n) is 10.1. The molecule has 1 aromatic heterocycles. The zero-order valence-corrected chi connectivity index (χ0v) is 10.9. The first-order chi connectivity index (χ1) is 8.58. The molecule has 4 heteroatoms. The second-order valence-corrected chi connectivity index (χ2v) is 5.36. The number of hydrogen-bond acceptors (Lipinski definition) is 3. The standard InChI is InChI=1S/C14H15NO2S/c1-9(10-5-3-2-4-6-10)12-7-11(8-13(16)17)14(15)18-12/h2-7,9H,8,15H2,1H3,(H,16,17). The van der Waals surface area contributed by atoms with Gasteiger partial charge in [-0.25, -0.2) is 0 Å². The molecule has 1 aromatic carbocycles. The maximum Gasteiger partial charge on any atom is 0.307 e. The number of rotatable bonds is 4. The number of aliphatic carboxylic acids is 1. The Hall–Kier alpha value is -1.81. The average molecular weight is 261 g/mol. The van der Waals surface area contributed by atoms with Crippen LogP contribution < -0.4 is 5.73 Å². The lowest BCUT2D eigenvalue weighted by Gasteiger charge is -2.08. The number of nitrogens with two attached hydrogens (primary N) is 1. The van der Waals surface area contributed by atoms with Crippen LogP contribution in [0.25, 0.3) is 0 Å². The molecule has 0 saturated carbocycles. The summed E-state index contributed by atoms with van der Waals surface area (Å²) < 4.78 is 0. The Balaban J connectivity index is 2.26. The molecule has 1 atom stereocenters. The van der Waals surface area contributed by atoms with Gasteiger partial charge in [-0.2, -0.15) is 0 Å². The van der Waals surface area contributed by atoms with Crippen LogP contribution in [0.4, 0.5) is 5.00 Å². The topological polar surface area (TPSA) is 63.3 Å². The first-order valence-corrected chi connectivity index (χ1v) is 6.54. The molecule has 0 aliphatic rings. The molecule has 0 amide bonds. The van der Waals surface area contributed by atoms with E-state index in [2.05, 4.69) is 19.1 Å². The average Bonchev–Trinajstić information content (AvgIpc) is 2.70. The Morgan fingerprint density at radius 1 is 1.39 bits per heavy atom. The summed E-state index contributed by atoms with van der Waals surface area (Å²) in [5, 5.41) is 9.41.